The topological polar surface area (TPSA) is 75.2 Å². The number of benzene rings is 2. The van der Waals surface area contributed by atoms with Gasteiger partial charge in [-0.3, -0.25) is 4.79 Å². The first kappa shape index (κ1) is 18.3. The molecule has 3 N–H and O–H groups in total. The van der Waals surface area contributed by atoms with E-state index in [1.165, 1.54) is 0 Å². The highest BCUT2D eigenvalue weighted by molar-refractivity contribution is 6.07. The van der Waals surface area contributed by atoms with Crippen molar-refractivity contribution in [2.75, 3.05) is 10.6 Å². The number of aromatic nitrogens is 1. The summed E-state index contributed by atoms with van der Waals surface area (Å²) in [5.74, 6) is -0.248. The van der Waals surface area contributed by atoms with Crippen molar-refractivity contribution in [3.63, 3.8) is 0 Å². The van der Waals surface area contributed by atoms with E-state index < -0.39 is 0 Å². The molecule has 0 aliphatic carbocycles. The Kier molecular flexibility index (Phi) is 5.56. The van der Waals surface area contributed by atoms with E-state index in [0.29, 0.717) is 16.9 Å². The van der Waals surface area contributed by atoms with Gasteiger partial charge in [0.25, 0.3) is 5.91 Å². The molecule has 0 aliphatic heterocycles. The first-order valence-corrected chi connectivity index (χ1v) is 8.74. The highest BCUT2D eigenvalue weighted by atomic mass is 16.2. The average molecular weight is 362 g/mol. The summed E-state index contributed by atoms with van der Waals surface area (Å²) in [7, 11) is 0. The smallest absolute Gasteiger partial charge is 0.319 e. The van der Waals surface area contributed by atoms with E-state index >= 15 is 0 Å². The minimum atomic E-state index is -0.318. The lowest BCUT2D eigenvalue weighted by Crippen LogP contribution is -2.34. The minimum Gasteiger partial charge on any atom is -0.336 e. The molecule has 1 aromatic heterocycles. The Morgan fingerprint density at radius 3 is 2.19 bits per heavy atom. The van der Waals surface area contributed by atoms with Crippen LogP contribution in [0.15, 0.2) is 73.1 Å². The normalized spacial score (nSPS) is 10.5. The number of anilines is 2. The third-order valence-corrected chi connectivity index (χ3v) is 3.85. The van der Waals surface area contributed by atoms with Crippen LogP contribution in [0.5, 0.6) is 0 Å². The van der Waals surface area contributed by atoms with Crippen molar-refractivity contribution in [3.8, 4) is 5.69 Å². The molecule has 0 spiro atoms. The van der Waals surface area contributed by atoms with Gasteiger partial charge in [-0.05, 0) is 56.3 Å². The molecule has 3 rings (SSSR count). The van der Waals surface area contributed by atoms with Gasteiger partial charge < -0.3 is 20.5 Å². The fourth-order valence-electron chi connectivity index (χ4n) is 2.63. The average Bonchev–Trinajstić information content (AvgIpc) is 3.17. The molecule has 6 heteroatoms. The van der Waals surface area contributed by atoms with Crippen LogP contribution in [0.25, 0.3) is 5.69 Å². The minimum absolute atomic E-state index is 0.0168. The van der Waals surface area contributed by atoms with Crippen LogP contribution in [0.3, 0.4) is 0 Å². The number of rotatable bonds is 5. The standard InChI is InChI=1S/C21H22N4O2/c1-15(2)22-21(27)24-19-11-4-3-10-18(19)23-20(26)16-8-7-9-17(14-16)25-12-5-6-13-25/h3-15H,1-2H3,(H,23,26)(H2,22,24,27). The van der Waals surface area contributed by atoms with Crippen LogP contribution in [-0.4, -0.2) is 22.5 Å². The zero-order chi connectivity index (χ0) is 19.2. The Bertz CT molecular complexity index is 933. The first-order valence-electron chi connectivity index (χ1n) is 8.74. The second kappa shape index (κ2) is 8.23. The number of carbonyl (C=O) groups excluding carboxylic acids is 2. The zero-order valence-corrected chi connectivity index (χ0v) is 15.3. The Morgan fingerprint density at radius 2 is 1.52 bits per heavy atom. The van der Waals surface area contributed by atoms with Gasteiger partial charge in [-0.2, -0.15) is 0 Å². The zero-order valence-electron chi connectivity index (χ0n) is 15.3. The molecule has 0 aliphatic rings. The van der Waals surface area contributed by atoms with Gasteiger partial charge in [0.15, 0.2) is 0 Å². The summed E-state index contributed by atoms with van der Waals surface area (Å²) in [5.41, 5.74) is 2.50. The van der Waals surface area contributed by atoms with Crippen molar-refractivity contribution in [3.05, 3.63) is 78.6 Å². The van der Waals surface area contributed by atoms with Crippen molar-refractivity contribution in [1.82, 2.24) is 9.88 Å². The van der Waals surface area contributed by atoms with Crippen LogP contribution in [0, 0.1) is 0 Å². The number of nitrogens with one attached hydrogen (secondary N) is 3. The molecule has 27 heavy (non-hydrogen) atoms. The van der Waals surface area contributed by atoms with Gasteiger partial charge in [0.1, 0.15) is 0 Å². The van der Waals surface area contributed by atoms with Crippen LogP contribution in [0.2, 0.25) is 0 Å². The van der Waals surface area contributed by atoms with E-state index in [1.54, 1.807) is 30.3 Å². The second-order valence-electron chi connectivity index (χ2n) is 6.39. The molecule has 138 valence electrons. The molecule has 0 fully saturated rings. The predicted molar refractivity (Wildman–Crippen MR) is 107 cm³/mol. The van der Waals surface area contributed by atoms with Gasteiger partial charge in [-0.15, -0.1) is 0 Å². The van der Waals surface area contributed by atoms with Crippen molar-refractivity contribution in [2.45, 2.75) is 19.9 Å². The van der Waals surface area contributed by atoms with Crippen LogP contribution in [0.4, 0.5) is 16.2 Å². The van der Waals surface area contributed by atoms with Gasteiger partial charge in [0.2, 0.25) is 0 Å². The van der Waals surface area contributed by atoms with Crippen LogP contribution < -0.4 is 16.0 Å². The van der Waals surface area contributed by atoms with Crippen molar-refractivity contribution in [1.29, 1.82) is 0 Å². The number of hydrogen-bond acceptors (Lipinski definition) is 2. The Morgan fingerprint density at radius 1 is 0.852 bits per heavy atom. The van der Waals surface area contributed by atoms with E-state index in [-0.39, 0.29) is 18.0 Å². The summed E-state index contributed by atoms with van der Waals surface area (Å²) in [6.45, 7) is 3.76. The molecule has 0 unspecified atom stereocenters. The Balaban J connectivity index is 1.77. The highest BCUT2D eigenvalue weighted by Crippen LogP contribution is 2.22. The molecule has 3 amide bonds. The van der Waals surface area contributed by atoms with Gasteiger partial charge in [-0.1, -0.05) is 18.2 Å². The van der Waals surface area contributed by atoms with Crippen LogP contribution in [-0.2, 0) is 0 Å². The molecular formula is C21H22N4O2. The van der Waals surface area contributed by atoms with Gasteiger partial charge >= 0.3 is 6.03 Å². The lowest BCUT2D eigenvalue weighted by atomic mass is 10.1. The van der Waals surface area contributed by atoms with Crippen molar-refractivity contribution < 1.29 is 9.59 Å². The highest BCUT2D eigenvalue weighted by Gasteiger charge is 2.12. The first-order chi connectivity index (χ1) is 13.0. The molecule has 6 nitrogen and oxygen atoms in total. The summed E-state index contributed by atoms with van der Waals surface area (Å²) in [5, 5.41) is 8.39. The van der Waals surface area contributed by atoms with E-state index in [4.69, 9.17) is 0 Å². The van der Waals surface area contributed by atoms with Gasteiger partial charge in [0.05, 0.1) is 11.4 Å². The number of urea groups is 1. The lowest BCUT2D eigenvalue weighted by molar-refractivity contribution is 0.102. The van der Waals surface area contributed by atoms with Crippen molar-refractivity contribution >= 4 is 23.3 Å². The fraction of sp³-hybridized carbons (Fsp3) is 0.143. The molecule has 1 heterocycles. The molecule has 2 aromatic carbocycles. The number of nitrogens with zero attached hydrogens (tertiary/aromatic N) is 1. The monoisotopic (exact) mass is 362 g/mol. The van der Waals surface area contributed by atoms with Crippen LogP contribution >= 0.6 is 0 Å². The SMILES string of the molecule is CC(C)NC(=O)Nc1ccccc1NC(=O)c1cccc(-n2cccc2)c1. The molecule has 0 saturated carbocycles. The van der Waals surface area contributed by atoms with E-state index in [0.717, 1.165) is 5.69 Å². The molecule has 0 radical (unpaired) electrons. The van der Waals surface area contributed by atoms with Gasteiger partial charge in [-0.25, -0.2) is 4.79 Å². The van der Waals surface area contributed by atoms with E-state index in [2.05, 4.69) is 16.0 Å². The molecule has 0 atom stereocenters. The Hall–Kier alpha value is -3.54. The number of para-hydroxylation sites is 2. The molecule has 3 aromatic rings. The lowest BCUT2D eigenvalue weighted by Gasteiger charge is -2.14. The maximum atomic E-state index is 12.7. The quantitative estimate of drug-likeness (QED) is 0.634. The molecule has 0 saturated heterocycles. The third-order valence-electron chi connectivity index (χ3n) is 3.85. The number of hydrogen-bond donors (Lipinski definition) is 3. The van der Waals surface area contributed by atoms with Crippen LogP contribution in [0.1, 0.15) is 24.2 Å². The summed E-state index contributed by atoms with van der Waals surface area (Å²) < 4.78 is 1.93. The summed E-state index contributed by atoms with van der Waals surface area (Å²) in [4.78, 5) is 24.7. The predicted octanol–water partition coefficient (Wildman–Crippen LogP) is 4.26. The molecular weight excluding hydrogens is 340 g/mol. The maximum Gasteiger partial charge on any atom is 0.319 e. The Labute approximate surface area is 158 Å². The molecule has 0 bridgehead atoms. The summed E-state index contributed by atoms with van der Waals surface area (Å²) >= 11 is 0. The largest absolute Gasteiger partial charge is 0.336 e. The second-order valence-corrected chi connectivity index (χ2v) is 6.39. The number of amides is 3. The maximum absolute atomic E-state index is 12.7. The fourth-order valence-corrected chi connectivity index (χ4v) is 2.63. The van der Waals surface area contributed by atoms with E-state index in [9.17, 15) is 9.59 Å². The third kappa shape index (κ3) is 4.76. The van der Waals surface area contributed by atoms with Gasteiger partial charge in [0, 0.05) is 29.7 Å². The van der Waals surface area contributed by atoms with E-state index in [1.807, 2.05) is 61.1 Å². The van der Waals surface area contributed by atoms with Crippen molar-refractivity contribution in [2.24, 2.45) is 0 Å². The summed E-state index contributed by atoms with van der Waals surface area (Å²) in [6.07, 6.45) is 3.84. The number of carbonyl (C=O) groups is 2. The summed E-state index contributed by atoms with van der Waals surface area (Å²) in [6, 6.07) is 18.0.